The highest BCUT2D eigenvalue weighted by Crippen LogP contribution is 2.24. The molecule has 0 aliphatic carbocycles. The van der Waals surface area contributed by atoms with Gasteiger partial charge in [-0.1, -0.05) is 36.4 Å². The fourth-order valence-corrected chi connectivity index (χ4v) is 3.57. The molecule has 0 fully saturated rings. The van der Waals surface area contributed by atoms with Gasteiger partial charge in [-0.3, -0.25) is 0 Å². The van der Waals surface area contributed by atoms with Crippen LogP contribution in [-0.4, -0.2) is 16.5 Å². The molecule has 2 heterocycles. The maximum absolute atomic E-state index is 4.73. The first kappa shape index (κ1) is 16.5. The minimum Gasteiger partial charge on any atom is -0.369 e. The molecule has 2 aromatic heterocycles. The van der Waals surface area contributed by atoms with Gasteiger partial charge in [0.1, 0.15) is 5.82 Å². The molecule has 5 heteroatoms. The van der Waals surface area contributed by atoms with Crippen molar-refractivity contribution in [3.05, 3.63) is 76.5 Å². The first-order valence-corrected chi connectivity index (χ1v) is 9.53. The van der Waals surface area contributed by atoms with Crippen molar-refractivity contribution in [1.29, 1.82) is 0 Å². The Bertz CT molecular complexity index is 1010. The molecule has 2 N–H and O–H groups in total. The zero-order chi connectivity index (χ0) is 17.8. The van der Waals surface area contributed by atoms with Crippen molar-refractivity contribution in [2.24, 2.45) is 0 Å². The molecule has 0 amide bonds. The van der Waals surface area contributed by atoms with Crippen LogP contribution in [0.15, 0.2) is 66.0 Å². The molecular formula is C21H20N4S. The summed E-state index contributed by atoms with van der Waals surface area (Å²) in [5.74, 6) is 1.47. The highest BCUT2D eigenvalue weighted by atomic mass is 32.1. The average Bonchev–Trinajstić information content (AvgIpc) is 3.17. The summed E-state index contributed by atoms with van der Waals surface area (Å²) in [5, 5.41) is 9.98. The lowest BCUT2D eigenvalue weighted by Gasteiger charge is -2.12. The van der Waals surface area contributed by atoms with Crippen LogP contribution in [-0.2, 0) is 6.42 Å². The number of aromatic nitrogens is 2. The monoisotopic (exact) mass is 360 g/mol. The first-order chi connectivity index (χ1) is 12.8. The number of aryl methyl sites for hydroxylation is 1. The number of hydrogen-bond donors (Lipinski definition) is 2. The molecule has 4 rings (SSSR count). The van der Waals surface area contributed by atoms with Crippen LogP contribution in [0.2, 0.25) is 0 Å². The Kier molecular flexibility index (Phi) is 4.80. The van der Waals surface area contributed by atoms with E-state index in [0.29, 0.717) is 5.95 Å². The minimum absolute atomic E-state index is 0.608. The van der Waals surface area contributed by atoms with Crippen molar-refractivity contribution < 1.29 is 0 Å². The van der Waals surface area contributed by atoms with Gasteiger partial charge in [0.2, 0.25) is 5.95 Å². The first-order valence-electron chi connectivity index (χ1n) is 8.65. The molecule has 0 spiro atoms. The van der Waals surface area contributed by atoms with Crippen LogP contribution in [0.1, 0.15) is 10.4 Å². The van der Waals surface area contributed by atoms with Crippen LogP contribution in [0.3, 0.4) is 0 Å². The molecule has 0 bridgehead atoms. The molecule has 0 saturated carbocycles. The molecule has 4 aromatic rings. The van der Waals surface area contributed by atoms with E-state index >= 15 is 0 Å². The molecule has 0 aliphatic rings. The second-order valence-corrected chi connectivity index (χ2v) is 7.14. The lowest BCUT2D eigenvalue weighted by atomic mass is 10.2. The van der Waals surface area contributed by atoms with Gasteiger partial charge >= 0.3 is 0 Å². The Hall–Kier alpha value is -2.92. The molecule has 0 unspecified atom stereocenters. The summed E-state index contributed by atoms with van der Waals surface area (Å²) in [6.45, 7) is 2.91. The van der Waals surface area contributed by atoms with Gasteiger partial charge in [-0.05, 0) is 48.6 Å². The number of fused-ring (bicyclic) bond motifs is 1. The second-order valence-electron chi connectivity index (χ2n) is 6.11. The molecule has 0 atom stereocenters. The average molecular weight is 360 g/mol. The normalized spacial score (nSPS) is 10.8. The summed E-state index contributed by atoms with van der Waals surface area (Å²) >= 11 is 1.78. The van der Waals surface area contributed by atoms with Crippen molar-refractivity contribution in [1.82, 2.24) is 9.97 Å². The van der Waals surface area contributed by atoms with Crippen LogP contribution >= 0.6 is 11.3 Å². The summed E-state index contributed by atoms with van der Waals surface area (Å²) in [4.78, 5) is 10.8. The topological polar surface area (TPSA) is 49.8 Å². The summed E-state index contributed by atoms with van der Waals surface area (Å²) in [6.07, 6.45) is 0.983. The van der Waals surface area contributed by atoms with Crippen molar-refractivity contribution in [2.45, 2.75) is 13.3 Å². The molecule has 130 valence electrons. The van der Waals surface area contributed by atoms with Gasteiger partial charge in [-0.15, -0.1) is 11.3 Å². The van der Waals surface area contributed by atoms with Crippen molar-refractivity contribution in [3.63, 3.8) is 0 Å². The van der Waals surface area contributed by atoms with Crippen LogP contribution in [0.25, 0.3) is 10.9 Å². The number of hydrogen-bond acceptors (Lipinski definition) is 5. The number of para-hydroxylation sites is 2. The summed E-state index contributed by atoms with van der Waals surface area (Å²) in [7, 11) is 0. The van der Waals surface area contributed by atoms with Gasteiger partial charge < -0.3 is 10.6 Å². The van der Waals surface area contributed by atoms with E-state index in [4.69, 9.17) is 4.98 Å². The maximum atomic E-state index is 4.73. The SMILES string of the molecule is Cc1ccccc1Nc1nc(NCCc2cccs2)c2ccccc2n1. The number of benzene rings is 2. The van der Waals surface area contributed by atoms with E-state index in [1.807, 2.05) is 36.4 Å². The molecule has 0 saturated heterocycles. The lowest BCUT2D eigenvalue weighted by Crippen LogP contribution is -2.08. The smallest absolute Gasteiger partial charge is 0.229 e. The van der Waals surface area contributed by atoms with E-state index in [0.717, 1.165) is 40.9 Å². The van der Waals surface area contributed by atoms with Crippen LogP contribution < -0.4 is 10.6 Å². The molecule has 0 aliphatic heterocycles. The Morgan fingerprint density at radius 2 is 1.77 bits per heavy atom. The van der Waals surface area contributed by atoms with Gasteiger partial charge in [0.25, 0.3) is 0 Å². The second kappa shape index (κ2) is 7.54. The van der Waals surface area contributed by atoms with Crippen LogP contribution in [0.5, 0.6) is 0 Å². The fraction of sp³-hybridized carbons (Fsp3) is 0.143. The van der Waals surface area contributed by atoms with Crippen LogP contribution in [0.4, 0.5) is 17.5 Å². The molecule has 4 nitrogen and oxygen atoms in total. The van der Waals surface area contributed by atoms with E-state index in [1.54, 1.807) is 11.3 Å². The van der Waals surface area contributed by atoms with Crippen molar-refractivity contribution >= 4 is 39.7 Å². The molecule has 26 heavy (non-hydrogen) atoms. The van der Waals surface area contributed by atoms with E-state index in [9.17, 15) is 0 Å². The summed E-state index contributed by atoms with van der Waals surface area (Å²) in [5.41, 5.74) is 3.11. The van der Waals surface area contributed by atoms with Gasteiger partial charge in [-0.25, -0.2) is 4.98 Å². The third-order valence-corrected chi connectivity index (χ3v) is 5.17. The van der Waals surface area contributed by atoms with Crippen molar-refractivity contribution in [3.8, 4) is 0 Å². The Labute approximate surface area is 157 Å². The third-order valence-electron chi connectivity index (χ3n) is 4.24. The van der Waals surface area contributed by atoms with E-state index in [-0.39, 0.29) is 0 Å². The third kappa shape index (κ3) is 3.68. The summed E-state index contributed by atoms with van der Waals surface area (Å²) < 4.78 is 0. The van der Waals surface area contributed by atoms with E-state index < -0.39 is 0 Å². The molecular weight excluding hydrogens is 340 g/mol. The number of anilines is 3. The van der Waals surface area contributed by atoms with Gasteiger partial charge in [-0.2, -0.15) is 4.98 Å². The zero-order valence-corrected chi connectivity index (χ0v) is 15.4. The van der Waals surface area contributed by atoms with Crippen molar-refractivity contribution in [2.75, 3.05) is 17.2 Å². The Balaban J connectivity index is 1.61. The Morgan fingerprint density at radius 3 is 2.62 bits per heavy atom. The lowest BCUT2D eigenvalue weighted by molar-refractivity contribution is 1.03. The van der Waals surface area contributed by atoms with E-state index in [1.165, 1.54) is 4.88 Å². The number of nitrogens with zero attached hydrogens (tertiary/aromatic N) is 2. The molecule has 0 radical (unpaired) electrons. The maximum Gasteiger partial charge on any atom is 0.229 e. The quantitative estimate of drug-likeness (QED) is 0.483. The predicted octanol–water partition coefficient (Wildman–Crippen LogP) is 5.40. The van der Waals surface area contributed by atoms with Gasteiger partial charge in [0, 0.05) is 22.5 Å². The Morgan fingerprint density at radius 1 is 0.923 bits per heavy atom. The number of nitrogens with one attached hydrogen (secondary N) is 2. The number of rotatable bonds is 6. The highest BCUT2D eigenvalue weighted by molar-refractivity contribution is 7.09. The summed E-state index contributed by atoms with van der Waals surface area (Å²) in [6, 6.07) is 20.5. The van der Waals surface area contributed by atoms with E-state index in [2.05, 4.69) is 52.2 Å². The largest absolute Gasteiger partial charge is 0.369 e. The standard InChI is InChI=1S/C21H20N4S/c1-15-7-2-4-10-18(15)23-21-24-19-11-5-3-9-17(19)20(25-21)22-13-12-16-8-6-14-26-16/h2-11,14H,12-13H2,1H3,(H2,22,23,24,25). The molecule has 2 aromatic carbocycles. The van der Waals surface area contributed by atoms with Crippen LogP contribution in [0, 0.1) is 6.92 Å². The number of thiophene rings is 1. The minimum atomic E-state index is 0.608. The predicted molar refractivity (Wildman–Crippen MR) is 111 cm³/mol. The van der Waals surface area contributed by atoms with Gasteiger partial charge in [0.15, 0.2) is 0 Å². The van der Waals surface area contributed by atoms with Gasteiger partial charge in [0.05, 0.1) is 5.52 Å². The fourth-order valence-electron chi connectivity index (χ4n) is 2.86. The highest BCUT2D eigenvalue weighted by Gasteiger charge is 2.08. The zero-order valence-electron chi connectivity index (χ0n) is 14.6.